The fraction of sp³-hybridized carbons (Fsp3) is 0.409. The van der Waals surface area contributed by atoms with Gasteiger partial charge in [0.25, 0.3) is 5.91 Å². The van der Waals surface area contributed by atoms with Crippen LogP contribution in [-0.2, 0) is 14.8 Å². The van der Waals surface area contributed by atoms with Crippen molar-refractivity contribution in [3.8, 4) is 11.5 Å². The van der Waals surface area contributed by atoms with Crippen molar-refractivity contribution in [3.63, 3.8) is 0 Å². The van der Waals surface area contributed by atoms with E-state index >= 15 is 0 Å². The summed E-state index contributed by atoms with van der Waals surface area (Å²) in [7, 11) is -0.458. The molecule has 1 N–H and O–H groups in total. The standard InChI is InChI=1S/C22H28N2O6S/c1-15-13-20(28-3)21(29-4)14-19(15)16(2)23-22(25)17-5-7-18(8-6-17)31(26,27)24-9-11-30-12-10-24/h5-8,13-14,16H,9-12H2,1-4H3,(H,23,25). The monoisotopic (exact) mass is 448 g/mol. The van der Waals surface area contributed by atoms with Gasteiger partial charge in [-0.05, 0) is 61.4 Å². The number of carbonyl (C=O) groups excluding carboxylic acids is 1. The minimum Gasteiger partial charge on any atom is -0.493 e. The maximum Gasteiger partial charge on any atom is 0.251 e. The number of nitrogens with one attached hydrogen (secondary N) is 1. The van der Waals surface area contributed by atoms with E-state index in [0.717, 1.165) is 11.1 Å². The molecule has 0 bridgehead atoms. The molecule has 1 amide bonds. The van der Waals surface area contributed by atoms with Gasteiger partial charge in [0.1, 0.15) is 0 Å². The lowest BCUT2D eigenvalue weighted by Crippen LogP contribution is -2.40. The number of aryl methyl sites for hydroxylation is 1. The first-order valence-electron chi connectivity index (χ1n) is 9.99. The van der Waals surface area contributed by atoms with Gasteiger partial charge in [-0.3, -0.25) is 4.79 Å². The molecule has 31 heavy (non-hydrogen) atoms. The molecule has 1 heterocycles. The lowest BCUT2D eigenvalue weighted by atomic mass is 10.0. The zero-order valence-electron chi connectivity index (χ0n) is 18.2. The van der Waals surface area contributed by atoms with Crippen LogP contribution in [0.2, 0.25) is 0 Å². The molecule has 8 nitrogen and oxygen atoms in total. The number of rotatable bonds is 7. The molecule has 1 aliphatic heterocycles. The van der Waals surface area contributed by atoms with Crippen molar-refractivity contribution in [2.45, 2.75) is 24.8 Å². The van der Waals surface area contributed by atoms with Gasteiger partial charge in [0, 0.05) is 18.7 Å². The Balaban J connectivity index is 1.74. The van der Waals surface area contributed by atoms with Gasteiger partial charge in [-0.1, -0.05) is 0 Å². The number of ether oxygens (including phenoxy) is 3. The summed E-state index contributed by atoms with van der Waals surface area (Å²) in [6.07, 6.45) is 0. The number of morpholine rings is 1. The van der Waals surface area contributed by atoms with E-state index < -0.39 is 10.0 Å². The van der Waals surface area contributed by atoms with Crippen LogP contribution in [-0.4, -0.2) is 59.2 Å². The van der Waals surface area contributed by atoms with Gasteiger partial charge in [-0.2, -0.15) is 4.31 Å². The van der Waals surface area contributed by atoms with Gasteiger partial charge < -0.3 is 19.5 Å². The van der Waals surface area contributed by atoms with Crippen LogP contribution in [0.25, 0.3) is 0 Å². The van der Waals surface area contributed by atoms with Gasteiger partial charge in [-0.15, -0.1) is 0 Å². The predicted molar refractivity (Wildman–Crippen MR) is 116 cm³/mol. The second kappa shape index (κ2) is 9.67. The Hall–Kier alpha value is -2.62. The summed E-state index contributed by atoms with van der Waals surface area (Å²) < 4.78 is 42.7. The van der Waals surface area contributed by atoms with Crippen LogP contribution < -0.4 is 14.8 Å². The van der Waals surface area contributed by atoms with E-state index in [2.05, 4.69) is 5.32 Å². The third kappa shape index (κ3) is 5.00. The molecule has 1 unspecified atom stereocenters. The maximum atomic E-state index is 12.7. The number of sulfonamides is 1. The molecule has 1 aliphatic rings. The first-order chi connectivity index (χ1) is 14.8. The Morgan fingerprint density at radius 1 is 1.06 bits per heavy atom. The molecule has 0 spiro atoms. The molecule has 2 aromatic rings. The average Bonchev–Trinajstić information content (AvgIpc) is 2.79. The van der Waals surface area contributed by atoms with Crippen LogP contribution in [0.3, 0.4) is 0 Å². The first-order valence-corrected chi connectivity index (χ1v) is 11.4. The van der Waals surface area contributed by atoms with Crippen LogP contribution in [0.1, 0.15) is 34.5 Å². The van der Waals surface area contributed by atoms with Crippen molar-refractivity contribution in [1.29, 1.82) is 0 Å². The molecule has 3 rings (SSSR count). The minimum atomic E-state index is -3.59. The number of hydrogen-bond donors (Lipinski definition) is 1. The lowest BCUT2D eigenvalue weighted by molar-refractivity contribution is 0.0730. The van der Waals surface area contributed by atoms with Crippen molar-refractivity contribution < 1.29 is 27.4 Å². The van der Waals surface area contributed by atoms with E-state index in [1.54, 1.807) is 14.2 Å². The fourth-order valence-electron chi connectivity index (χ4n) is 3.53. The molecule has 0 saturated carbocycles. The van der Waals surface area contributed by atoms with E-state index in [0.29, 0.717) is 43.4 Å². The Labute approximate surface area is 183 Å². The van der Waals surface area contributed by atoms with Crippen molar-refractivity contribution in [2.75, 3.05) is 40.5 Å². The minimum absolute atomic E-state index is 0.162. The molecule has 0 aliphatic carbocycles. The fourth-order valence-corrected chi connectivity index (χ4v) is 4.94. The van der Waals surface area contributed by atoms with E-state index in [1.165, 1.54) is 28.6 Å². The highest BCUT2D eigenvalue weighted by Crippen LogP contribution is 2.33. The summed E-state index contributed by atoms with van der Waals surface area (Å²) in [5.74, 6) is 0.915. The Bertz CT molecular complexity index is 1030. The molecule has 2 aromatic carbocycles. The molecular formula is C22H28N2O6S. The number of carbonyl (C=O) groups is 1. The van der Waals surface area contributed by atoms with Crippen LogP contribution in [0.4, 0.5) is 0 Å². The smallest absolute Gasteiger partial charge is 0.251 e. The van der Waals surface area contributed by atoms with E-state index in [4.69, 9.17) is 14.2 Å². The summed E-state index contributed by atoms with van der Waals surface area (Å²) in [5, 5.41) is 2.95. The first kappa shape index (κ1) is 23.1. The van der Waals surface area contributed by atoms with Gasteiger partial charge in [-0.25, -0.2) is 8.42 Å². The summed E-state index contributed by atoms with van der Waals surface area (Å²) >= 11 is 0. The van der Waals surface area contributed by atoms with Gasteiger partial charge in [0.05, 0.1) is 38.4 Å². The second-order valence-corrected chi connectivity index (χ2v) is 9.24. The van der Waals surface area contributed by atoms with E-state index in [9.17, 15) is 13.2 Å². The summed E-state index contributed by atoms with van der Waals surface area (Å²) in [6, 6.07) is 9.40. The van der Waals surface area contributed by atoms with Crippen LogP contribution in [0.5, 0.6) is 11.5 Å². The third-order valence-corrected chi connectivity index (χ3v) is 7.22. The number of amides is 1. The third-order valence-electron chi connectivity index (χ3n) is 5.31. The highest BCUT2D eigenvalue weighted by Gasteiger charge is 2.26. The highest BCUT2D eigenvalue weighted by atomic mass is 32.2. The van der Waals surface area contributed by atoms with Gasteiger partial charge >= 0.3 is 0 Å². The average molecular weight is 449 g/mol. The second-order valence-electron chi connectivity index (χ2n) is 7.30. The van der Waals surface area contributed by atoms with Gasteiger partial charge in [0.2, 0.25) is 10.0 Å². The zero-order valence-corrected chi connectivity index (χ0v) is 19.0. The molecular weight excluding hydrogens is 420 g/mol. The molecule has 1 fully saturated rings. The molecule has 0 radical (unpaired) electrons. The zero-order chi connectivity index (χ0) is 22.6. The summed E-state index contributed by atoms with van der Waals surface area (Å²) in [6.45, 7) is 5.23. The molecule has 1 saturated heterocycles. The van der Waals surface area contributed by atoms with E-state index in [-0.39, 0.29) is 16.8 Å². The Morgan fingerprint density at radius 2 is 1.65 bits per heavy atom. The topological polar surface area (TPSA) is 94.2 Å². The maximum absolute atomic E-state index is 12.7. The van der Waals surface area contributed by atoms with Gasteiger partial charge in [0.15, 0.2) is 11.5 Å². The van der Waals surface area contributed by atoms with E-state index in [1.807, 2.05) is 26.0 Å². The van der Waals surface area contributed by atoms with Crippen molar-refractivity contribution in [3.05, 3.63) is 53.1 Å². The van der Waals surface area contributed by atoms with Crippen LogP contribution in [0.15, 0.2) is 41.3 Å². The Morgan fingerprint density at radius 3 is 2.23 bits per heavy atom. The largest absolute Gasteiger partial charge is 0.493 e. The number of nitrogens with zero attached hydrogens (tertiary/aromatic N) is 1. The SMILES string of the molecule is COc1cc(C)c(C(C)NC(=O)c2ccc(S(=O)(=O)N3CCOCC3)cc2)cc1OC. The summed E-state index contributed by atoms with van der Waals surface area (Å²) in [4.78, 5) is 12.9. The molecule has 1 atom stereocenters. The normalized spacial score (nSPS) is 15.9. The lowest BCUT2D eigenvalue weighted by Gasteiger charge is -2.26. The van der Waals surface area contributed by atoms with Crippen LogP contribution in [0, 0.1) is 6.92 Å². The number of benzene rings is 2. The molecule has 9 heteroatoms. The van der Waals surface area contributed by atoms with Crippen molar-refractivity contribution in [1.82, 2.24) is 9.62 Å². The molecule has 168 valence electrons. The Kier molecular flexibility index (Phi) is 7.19. The van der Waals surface area contributed by atoms with Crippen LogP contribution >= 0.6 is 0 Å². The van der Waals surface area contributed by atoms with Crippen molar-refractivity contribution >= 4 is 15.9 Å². The quantitative estimate of drug-likeness (QED) is 0.700. The highest BCUT2D eigenvalue weighted by molar-refractivity contribution is 7.89. The number of methoxy groups -OCH3 is 2. The number of hydrogen-bond acceptors (Lipinski definition) is 6. The van der Waals surface area contributed by atoms with Crippen molar-refractivity contribution in [2.24, 2.45) is 0 Å². The summed E-state index contributed by atoms with van der Waals surface area (Å²) in [5.41, 5.74) is 2.24. The predicted octanol–water partition coefficient (Wildman–Crippen LogP) is 2.52. The molecule has 0 aromatic heterocycles.